The molecule has 2 aromatic carbocycles. The molecule has 2 heterocycles. The van der Waals surface area contributed by atoms with Crippen LogP contribution in [0, 0.1) is 13.8 Å². The normalized spacial score (nSPS) is 11.7. The lowest BCUT2D eigenvalue weighted by Gasteiger charge is -2.39. The van der Waals surface area contributed by atoms with Crippen molar-refractivity contribution < 1.29 is 4.48 Å². The van der Waals surface area contributed by atoms with Crippen LogP contribution in [0.4, 0.5) is 0 Å². The molecule has 26 heavy (non-hydrogen) atoms. The van der Waals surface area contributed by atoms with Crippen LogP contribution in [-0.4, -0.2) is 20.7 Å². The second-order valence-corrected chi connectivity index (χ2v) is 7.11. The number of benzene rings is 2. The summed E-state index contributed by atoms with van der Waals surface area (Å²) in [5, 5.41) is 4.69. The van der Waals surface area contributed by atoms with E-state index in [1.54, 1.807) is 0 Å². The lowest BCUT2D eigenvalue weighted by molar-refractivity contribution is -0.544. The van der Waals surface area contributed by atoms with E-state index in [1.165, 1.54) is 22.1 Å². The number of imidazole rings is 1. The molecule has 0 bridgehead atoms. The van der Waals surface area contributed by atoms with E-state index in [9.17, 15) is 0 Å². The molecular weight excluding hydrogens is 319 g/mol. The van der Waals surface area contributed by atoms with E-state index in [0.29, 0.717) is 0 Å². The van der Waals surface area contributed by atoms with Gasteiger partial charge in [-0.25, -0.2) is 9.67 Å². The van der Waals surface area contributed by atoms with Crippen molar-refractivity contribution in [1.29, 1.82) is 0 Å². The molecule has 0 atom stereocenters. The summed E-state index contributed by atoms with van der Waals surface area (Å²) >= 11 is 0. The molecule has 130 valence electrons. The van der Waals surface area contributed by atoms with Crippen LogP contribution in [0.25, 0.3) is 0 Å². The Balaban J connectivity index is 2.09. The smallest absolute Gasteiger partial charge is 0.359 e. The highest BCUT2D eigenvalue weighted by molar-refractivity contribution is 6.94. The molecule has 0 amide bonds. The van der Waals surface area contributed by atoms with Crippen LogP contribution >= 0.6 is 0 Å². The van der Waals surface area contributed by atoms with Crippen molar-refractivity contribution in [3.63, 3.8) is 0 Å². The molecule has 2 aromatic heterocycles. The number of rotatable bonds is 4. The van der Waals surface area contributed by atoms with Crippen LogP contribution in [0.1, 0.15) is 11.1 Å². The molecule has 0 saturated heterocycles. The third kappa shape index (κ3) is 2.56. The average Bonchev–Trinajstić information content (AvgIpc) is 3.31. The average molecular weight is 342 g/mol. The van der Waals surface area contributed by atoms with E-state index in [1.807, 2.05) is 19.3 Å². The van der Waals surface area contributed by atoms with Crippen molar-refractivity contribution in [1.82, 2.24) is 14.3 Å². The number of nitrogens with zero attached hydrogens (tertiary/aromatic N) is 4. The molecule has 0 aliphatic carbocycles. The lowest BCUT2D eigenvalue weighted by atomic mass is 9.37. The van der Waals surface area contributed by atoms with Gasteiger partial charge in [0.25, 0.3) is 0 Å². The minimum Gasteiger partial charge on any atom is -0.406 e. The van der Waals surface area contributed by atoms with E-state index < -0.39 is 6.42 Å². The first-order valence-electron chi connectivity index (χ1n) is 8.93. The minimum atomic E-state index is -1.48. The van der Waals surface area contributed by atoms with Gasteiger partial charge in [0, 0.05) is 6.20 Å². The van der Waals surface area contributed by atoms with Crippen molar-refractivity contribution in [3.05, 3.63) is 96.8 Å². The van der Waals surface area contributed by atoms with Gasteiger partial charge in [-0.05, 0) is 26.1 Å². The molecule has 5 heteroatoms. The number of aromatic nitrogens is 4. The number of aryl methyl sites for hydroxylation is 3. The standard InChI is InChI=1S/C21H23BN4/c1-18-5-9-20(10-6-18)22(26-14-4-13-23-26,25-16-15-24(3)17-25)21-11-7-19(2)8-12-21/h4-17H,1-3H3. The van der Waals surface area contributed by atoms with Crippen molar-refractivity contribution in [2.24, 2.45) is 7.05 Å². The van der Waals surface area contributed by atoms with Crippen LogP contribution in [0.5, 0.6) is 0 Å². The van der Waals surface area contributed by atoms with Gasteiger partial charge in [0.2, 0.25) is 0 Å². The molecule has 0 saturated carbocycles. The molecule has 0 fully saturated rings. The van der Waals surface area contributed by atoms with E-state index in [4.69, 9.17) is 0 Å². The summed E-state index contributed by atoms with van der Waals surface area (Å²) in [7, 11) is 2.05. The molecule has 0 aliphatic rings. The van der Waals surface area contributed by atoms with Gasteiger partial charge < -0.3 is 9.07 Å². The summed E-state index contributed by atoms with van der Waals surface area (Å²) in [6.45, 7) is 4.24. The van der Waals surface area contributed by atoms with E-state index in [2.05, 4.69) is 106 Å². The topological polar surface area (TPSA) is 26.6 Å². The zero-order chi connectivity index (χ0) is 18.1. The monoisotopic (exact) mass is 342 g/mol. The molecule has 0 unspecified atom stereocenters. The molecular formula is C21H23BN4. The SMILES string of the molecule is Cc1ccc([B-](c2ccc(C)cc2)(n2cccn2)[n+]2ccn(C)c2)cc1. The fraction of sp³-hybridized carbons (Fsp3) is 0.143. The van der Waals surface area contributed by atoms with Gasteiger partial charge >= 0.3 is 6.42 Å². The van der Waals surface area contributed by atoms with Gasteiger partial charge in [-0.1, -0.05) is 59.7 Å². The Bertz CT molecular complexity index is 954. The van der Waals surface area contributed by atoms with Gasteiger partial charge in [0.05, 0.1) is 13.2 Å². The first-order valence-corrected chi connectivity index (χ1v) is 8.93. The molecule has 0 radical (unpaired) electrons. The van der Waals surface area contributed by atoms with E-state index in [0.717, 1.165) is 0 Å². The summed E-state index contributed by atoms with van der Waals surface area (Å²) in [5.41, 5.74) is 4.94. The Kier molecular flexibility index (Phi) is 4.00. The van der Waals surface area contributed by atoms with Crippen molar-refractivity contribution in [3.8, 4) is 0 Å². The van der Waals surface area contributed by atoms with Crippen LogP contribution in [-0.2, 0) is 7.05 Å². The summed E-state index contributed by atoms with van der Waals surface area (Å²) in [6, 6.07) is 19.6. The first-order chi connectivity index (χ1) is 12.6. The lowest BCUT2D eigenvalue weighted by Crippen LogP contribution is -2.82. The predicted molar refractivity (Wildman–Crippen MR) is 106 cm³/mol. The molecule has 0 N–H and O–H groups in total. The molecule has 4 nitrogen and oxygen atoms in total. The third-order valence-electron chi connectivity index (χ3n) is 5.21. The van der Waals surface area contributed by atoms with Crippen molar-refractivity contribution in [2.75, 3.05) is 0 Å². The summed E-state index contributed by atoms with van der Waals surface area (Å²) < 4.78 is 6.44. The highest BCUT2D eigenvalue weighted by Crippen LogP contribution is 2.08. The van der Waals surface area contributed by atoms with Crippen LogP contribution < -0.4 is 15.4 Å². The Morgan fingerprint density at radius 3 is 1.85 bits per heavy atom. The fourth-order valence-corrected chi connectivity index (χ4v) is 3.84. The predicted octanol–water partition coefficient (Wildman–Crippen LogP) is 1.78. The summed E-state index contributed by atoms with van der Waals surface area (Å²) in [6.07, 6.45) is 8.75. The van der Waals surface area contributed by atoms with Gasteiger partial charge in [0.15, 0.2) is 6.33 Å². The Labute approximate surface area is 154 Å². The van der Waals surface area contributed by atoms with Gasteiger partial charge in [0.1, 0.15) is 6.20 Å². The van der Waals surface area contributed by atoms with Crippen molar-refractivity contribution in [2.45, 2.75) is 13.8 Å². The van der Waals surface area contributed by atoms with Gasteiger partial charge in [-0.3, -0.25) is 0 Å². The Morgan fingerprint density at radius 2 is 1.42 bits per heavy atom. The molecule has 0 aliphatic heterocycles. The third-order valence-corrected chi connectivity index (χ3v) is 5.21. The second-order valence-electron chi connectivity index (χ2n) is 7.11. The quantitative estimate of drug-likeness (QED) is 0.520. The van der Waals surface area contributed by atoms with E-state index >= 15 is 0 Å². The van der Waals surface area contributed by atoms with Crippen LogP contribution in [0.15, 0.2) is 85.7 Å². The zero-order valence-electron chi connectivity index (χ0n) is 15.4. The Morgan fingerprint density at radius 1 is 0.846 bits per heavy atom. The number of hydrogen-bond donors (Lipinski definition) is 0. The largest absolute Gasteiger partial charge is 0.406 e. The van der Waals surface area contributed by atoms with Crippen LogP contribution in [0.3, 0.4) is 0 Å². The van der Waals surface area contributed by atoms with E-state index in [-0.39, 0.29) is 0 Å². The maximum absolute atomic E-state index is 4.69. The van der Waals surface area contributed by atoms with Gasteiger partial charge in [-0.2, -0.15) is 0 Å². The van der Waals surface area contributed by atoms with Crippen LogP contribution in [0.2, 0.25) is 0 Å². The van der Waals surface area contributed by atoms with Crippen molar-refractivity contribution >= 4 is 17.3 Å². The highest BCUT2D eigenvalue weighted by atomic mass is 15.3. The minimum absolute atomic E-state index is 1.22. The molecule has 4 rings (SSSR count). The fourth-order valence-electron chi connectivity index (χ4n) is 3.84. The summed E-state index contributed by atoms with van der Waals surface area (Å²) in [4.78, 5) is 0. The summed E-state index contributed by atoms with van der Waals surface area (Å²) in [5.74, 6) is 0. The maximum Gasteiger partial charge on any atom is 0.359 e. The zero-order valence-corrected chi connectivity index (χ0v) is 15.4. The maximum atomic E-state index is 4.69. The number of hydrogen-bond acceptors (Lipinski definition) is 1. The van der Waals surface area contributed by atoms with Gasteiger partial charge in [-0.15, -0.1) is 10.9 Å². The molecule has 4 aromatic rings. The highest BCUT2D eigenvalue weighted by Gasteiger charge is 2.39. The Hall–Kier alpha value is -3.08. The first kappa shape index (κ1) is 16.4. The molecule has 0 spiro atoms. The second kappa shape index (κ2) is 6.34.